The molecule has 0 radical (unpaired) electrons. The zero-order chi connectivity index (χ0) is 19.9. The van der Waals surface area contributed by atoms with Crippen molar-refractivity contribution in [3.63, 3.8) is 0 Å². The Morgan fingerprint density at radius 1 is 1.18 bits per heavy atom. The van der Waals surface area contributed by atoms with E-state index in [0.29, 0.717) is 6.04 Å². The second-order valence-corrected chi connectivity index (χ2v) is 7.94. The first kappa shape index (κ1) is 20.7. The van der Waals surface area contributed by atoms with Crippen LogP contribution in [-0.2, 0) is 11.2 Å². The van der Waals surface area contributed by atoms with Crippen molar-refractivity contribution >= 4 is 5.91 Å². The van der Waals surface area contributed by atoms with Crippen molar-refractivity contribution in [3.05, 3.63) is 35.4 Å². The Hall–Kier alpha value is -2.01. The van der Waals surface area contributed by atoms with Crippen LogP contribution in [-0.4, -0.2) is 62.7 Å². The summed E-state index contributed by atoms with van der Waals surface area (Å²) < 4.78 is 10.7. The molecule has 2 aliphatic rings. The Bertz CT molecular complexity index is 701. The molecule has 28 heavy (non-hydrogen) atoms. The van der Waals surface area contributed by atoms with E-state index in [-0.39, 0.29) is 5.91 Å². The number of carbonyl (C=O) groups excluding carboxylic acids is 1. The van der Waals surface area contributed by atoms with Crippen LogP contribution in [0.2, 0.25) is 0 Å². The molecule has 154 valence electrons. The van der Waals surface area contributed by atoms with Crippen LogP contribution in [0.1, 0.15) is 44.1 Å². The van der Waals surface area contributed by atoms with E-state index in [4.69, 9.17) is 9.47 Å². The van der Waals surface area contributed by atoms with Gasteiger partial charge in [-0.1, -0.05) is 12.1 Å². The molecule has 0 bridgehead atoms. The summed E-state index contributed by atoms with van der Waals surface area (Å²) in [6.45, 7) is 2.71. The van der Waals surface area contributed by atoms with Gasteiger partial charge in [-0.3, -0.25) is 4.79 Å². The summed E-state index contributed by atoms with van der Waals surface area (Å²) in [6.07, 6.45) is 9.75. The third kappa shape index (κ3) is 5.07. The van der Waals surface area contributed by atoms with E-state index in [1.54, 1.807) is 14.2 Å². The van der Waals surface area contributed by atoms with Crippen LogP contribution in [0.5, 0.6) is 11.5 Å². The molecule has 1 aromatic carbocycles. The second kappa shape index (κ2) is 9.97. The van der Waals surface area contributed by atoms with Crippen molar-refractivity contribution in [1.29, 1.82) is 0 Å². The molecule has 1 amide bonds. The molecule has 1 aliphatic carbocycles. The lowest BCUT2D eigenvalue weighted by Crippen LogP contribution is -2.49. The number of likely N-dealkylation sites (N-methyl/N-ethyl adjacent to an activating group) is 1. The number of benzene rings is 1. The highest BCUT2D eigenvalue weighted by Crippen LogP contribution is 2.28. The molecule has 1 aliphatic heterocycles. The van der Waals surface area contributed by atoms with Crippen LogP contribution in [0.4, 0.5) is 0 Å². The summed E-state index contributed by atoms with van der Waals surface area (Å²) in [7, 11) is 5.51. The van der Waals surface area contributed by atoms with Crippen LogP contribution in [0.15, 0.2) is 29.8 Å². The van der Waals surface area contributed by atoms with E-state index in [0.717, 1.165) is 75.2 Å². The average molecular weight is 387 g/mol. The van der Waals surface area contributed by atoms with Gasteiger partial charge in [-0.2, -0.15) is 0 Å². The fourth-order valence-electron chi connectivity index (χ4n) is 4.26. The summed E-state index contributed by atoms with van der Waals surface area (Å²) >= 11 is 0. The molecule has 0 N–H and O–H groups in total. The molecular weight excluding hydrogens is 352 g/mol. The maximum absolute atomic E-state index is 12.8. The topological polar surface area (TPSA) is 42.0 Å². The normalized spacial score (nSPS) is 20.1. The van der Waals surface area contributed by atoms with Crippen molar-refractivity contribution < 1.29 is 14.3 Å². The van der Waals surface area contributed by atoms with Crippen LogP contribution < -0.4 is 9.47 Å². The molecule has 5 heteroatoms. The molecule has 0 aromatic heterocycles. The number of ether oxygens (including phenoxy) is 2. The lowest BCUT2D eigenvalue weighted by atomic mass is 9.96. The number of nitrogens with zero attached hydrogens (tertiary/aromatic N) is 2. The predicted molar refractivity (Wildman–Crippen MR) is 112 cm³/mol. The zero-order valence-corrected chi connectivity index (χ0v) is 17.6. The Kier molecular flexibility index (Phi) is 7.37. The number of hydrogen-bond acceptors (Lipinski definition) is 4. The van der Waals surface area contributed by atoms with E-state index < -0.39 is 0 Å². The van der Waals surface area contributed by atoms with Gasteiger partial charge >= 0.3 is 0 Å². The first-order valence-corrected chi connectivity index (χ1v) is 10.5. The Labute approximate surface area is 169 Å². The van der Waals surface area contributed by atoms with E-state index in [2.05, 4.69) is 35.1 Å². The minimum Gasteiger partial charge on any atom is -0.493 e. The summed E-state index contributed by atoms with van der Waals surface area (Å²) in [5.74, 6) is 1.81. The van der Waals surface area contributed by atoms with Crippen LogP contribution >= 0.6 is 0 Å². The summed E-state index contributed by atoms with van der Waals surface area (Å²) in [4.78, 5) is 17.3. The van der Waals surface area contributed by atoms with Gasteiger partial charge in [0.05, 0.1) is 14.2 Å². The molecule has 1 heterocycles. The van der Waals surface area contributed by atoms with Gasteiger partial charge in [-0.05, 0) is 69.7 Å². The number of methoxy groups -OCH3 is 2. The van der Waals surface area contributed by atoms with Gasteiger partial charge in [-0.15, -0.1) is 0 Å². The molecule has 1 fully saturated rings. The largest absolute Gasteiger partial charge is 0.493 e. The smallest absolute Gasteiger partial charge is 0.249 e. The van der Waals surface area contributed by atoms with E-state index in [1.165, 1.54) is 12.0 Å². The summed E-state index contributed by atoms with van der Waals surface area (Å²) in [5.41, 5.74) is 2.28. The number of likely N-dealkylation sites (tertiary alicyclic amines) is 1. The van der Waals surface area contributed by atoms with E-state index in [9.17, 15) is 4.79 Å². The number of allylic oxidation sites excluding steroid dienone is 1. The number of piperidine rings is 1. The third-order valence-electron chi connectivity index (χ3n) is 6.07. The SMILES string of the molecule is COc1ccc(CCN(C)C2CCCN(C(=O)C3=CCCCC3)C2)cc1OC. The van der Waals surface area contributed by atoms with Crippen LogP contribution in [0, 0.1) is 0 Å². The van der Waals surface area contributed by atoms with Crippen LogP contribution in [0.25, 0.3) is 0 Å². The second-order valence-electron chi connectivity index (χ2n) is 7.94. The lowest BCUT2D eigenvalue weighted by molar-refractivity contribution is -0.129. The summed E-state index contributed by atoms with van der Waals surface area (Å²) in [5, 5.41) is 0. The zero-order valence-electron chi connectivity index (χ0n) is 17.6. The molecular formula is C23H34N2O3. The Morgan fingerprint density at radius 2 is 2.00 bits per heavy atom. The highest BCUT2D eigenvalue weighted by Gasteiger charge is 2.28. The molecule has 1 atom stereocenters. The van der Waals surface area contributed by atoms with Crippen molar-refractivity contribution in [2.24, 2.45) is 0 Å². The van der Waals surface area contributed by atoms with E-state index in [1.807, 2.05) is 6.07 Å². The summed E-state index contributed by atoms with van der Waals surface area (Å²) in [6, 6.07) is 6.55. The number of hydrogen-bond donors (Lipinski definition) is 0. The minimum atomic E-state index is 0.276. The molecule has 1 unspecified atom stereocenters. The maximum Gasteiger partial charge on any atom is 0.249 e. The maximum atomic E-state index is 12.8. The molecule has 1 aromatic rings. The minimum absolute atomic E-state index is 0.276. The first-order valence-electron chi connectivity index (χ1n) is 10.5. The number of amides is 1. The Morgan fingerprint density at radius 3 is 2.71 bits per heavy atom. The van der Waals surface area contributed by atoms with Crippen molar-refractivity contribution in [2.45, 2.75) is 51.0 Å². The highest BCUT2D eigenvalue weighted by molar-refractivity contribution is 5.93. The van der Waals surface area contributed by atoms with Gasteiger partial charge in [0.15, 0.2) is 11.5 Å². The Balaban J connectivity index is 1.54. The molecule has 5 nitrogen and oxygen atoms in total. The average Bonchev–Trinajstić information content (AvgIpc) is 2.77. The fourth-order valence-corrected chi connectivity index (χ4v) is 4.26. The van der Waals surface area contributed by atoms with Gasteiger partial charge in [0, 0.05) is 31.2 Å². The van der Waals surface area contributed by atoms with Crippen LogP contribution in [0.3, 0.4) is 0 Å². The molecule has 3 rings (SSSR count). The standard InChI is InChI=1S/C23H34N2O3/c1-24(15-13-18-11-12-21(27-2)22(16-18)28-3)20-10-7-14-25(17-20)23(26)19-8-5-4-6-9-19/h8,11-12,16,20H,4-7,9-10,13-15,17H2,1-3H3. The van der Waals surface area contributed by atoms with Gasteiger partial charge in [-0.25, -0.2) is 0 Å². The van der Waals surface area contributed by atoms with E-state index >= 15 is 0 Å². The van der Waals surface area contributed by atoms with Gasteiger partial charge in [0.25, 0.3) is 0 Å². The van der Waals surface area contributed by atoms with Gasteiger partial charge in [0.2, 0.25) is 5.91 Å². The third-order valence-corrected chi connectivity index (χ3v) is 6.07. The predicted octanol–water partition coefficient (Wildman–Crippen LogP) is 3.67. The first-order chi connectivity index (χ1) is 13.6. The molecule has 0 spiro atoms. The number of rotatable bonds is 7. The van der Waals surface area contributed by atoms with Gasteiger partial charge < -0.3 is 19.3 Å². The van der Waals surface area contributed by atoms with Gasteiger partial charge in [0.1, 0.15) is 0 Å². The fraction of sp³-hybridized carbons (Fsp3) is 0.609. The van der Waals surface area contributed by atoms with Crippen molar-refractivity contribution in [3.8, 4) is 11.5 Å². The quantitative estimate of drug-likeness (QED) is 0.717. The monoisotopic (exact) mass is 386 g/mol. The van der Waals surface area contributed by atoms with Crippen molar-refractivity contribution in [1.82, 2.24) is 9.80 Å². The highest BCUT2D eigenvalue weighted by atomic mass is 16.5. The molecule has 1 saturated heterocycles. The number of carbonyl (C=O) groups is 1. The molecule has 0 saturated carbocycles. The van der Waals surface area contributed by atoms with Crippen molar-refractivity contribution in [2.75, 3.05) is 40.9 Å². The lowest BCUT2D eigenvalue weighted by Gasteiger charge is -2.38.